The van der Waals surface area contributed by atoms with Crippen LogP contribution in [0.25, 0.3) is 0 Å². The predicted octanol–water partition coefficient (Wildman–Crippen LogP) is 2.11. The van der Waals surface area contributed by atoms with Gasteiger partial charge in [-0.05, 0) is 19.8 Å². The lowest BCUT2D eigenvalue weighted by atomic mass is 9.94. The number of halogens is 3. The van der Waals surface area contributed by atoms with Crippen LogP contribution in [0.2, 0.25) is 0 Å². The molecule has 17 heavy (non-hydrogen) atoms. The highest BCUT2D eigenvalue weighted by atomic mass is 19.4. The van der Waals surface area contributed by atoms with E-state index in [1.165, 1.54) is 6.92 Å². The Morgan fingerprint density at radius 3 is 2.41 bits per heavy atom. The third-order valence-electron chi connectivity index (χ3n) is 3.06. The minimum absolute atomic E-state index is 0.120. The summed E-state index contributed by atoms with van der Waals surface area (Å²) in [5.41, 5.74) is 5.47. The Balaban J connectivity index is 2.34. The first-order valence-corrected chi connectivity index (χ1v) is 5.85. The Hall–Kier alpha value is -0.780. The fourth-order valence-corrected chi connectivity index (χ4v) is 2.30. The number of hydrogen-bond donors (Lipinski definition) is 2. The second-order valence-electron chi connectivity index (χ2n) is 5.03. The monoisotopic (exact) mass is 252 g/mol. The molecule has 0 aromatic heterocycles. The number of hydrogen-bond acceptors (Lipinski definition) is 2. The number of rotatable bonds is 4. The van der Waals surface area contributed by atoms with Crippen molar-refractivity contribution in [1.82, 2.24) is 5.32 Å². The van der Waals surface area contributed by atoms with Crippen molar-refractivity contribution >= 4 is 5.91 Å². The first-order valence-electron chi connectivity index (χ1n) is 5.85. The Bertz CT molecular complexity index is 272. The van der Waals surface area contributed by atoms with Gasteiger partial charge in [-0.25, -0.2) is 0 Å². The smallest absolute Gasteiger partial charge is 0.353 e. The number of carbonyl (C=O) groups excluding carboxylic acids is 1. The summed E-state index contributed by atoms with van der Waals surface area (Å²) in [7, 11) is 0. The van der Waals surface area contributed by atoms with Crippen LogP contribution in [-0.4, -0.2) is 23.7 Å². The van der Waals surface area contributed by atoms with E-state index in [0.717, 1.165) is 25.7 Å². The average Bonchev–Trinajstić information content (AvgIpc) is 2.46. The molecule has 1 fully saturated rings. The Morgan fingerprint density at radius 1 is 1.41 bits per heavy atom. The van der Waals surface area contributed by atoms with Crippen LogP contribution in [0.4, 0.5) is 13.2 Å². The molecule has 1 atom stereocenters. The van der Waals surface area contributed by atoms with Gasteiger partial charge in [0.25, 0.3) is 0 Å². The van der Waals surface area contributed by atoms with Crippen LogP contribution >= 0.6 is 0 Å². The van der Waals surface area contributed by atoms with E-state index in [9.17, 15) is 18.0 Å². The lowest BCUT2D eigenvalue weighted by Gasteiger charge is -2.24. The zero-order valence-corrected chi connectivity index (χ0v) is 9.94. The van der Waals surface area contributed by atoms with Gasteiger partial charge in [0, 0.05) is 18.0 Å². The topological polar surface area (TPSA) is 55.1 Å². The Labute approximate surface area is 98.9 Å². The van der Waals surface area contributed by atoms with Gasteiger partial charge in [0.1, 0.15) is 0 Å². The summed E-state index contributed by atoms with van der Waals surface area (Å²) >= 11 is 0. The van der Waals surface area contributed by atoms with Crippen LogP contribution in [0, 0.1) is 0 Å². The maximum absolute atomic E-state index is 12.1. The molecule has 0 heterocycles. The van der Waals surface area contributed by atoms with Crippen LogP contribution in [0.15, 0.2) is 0 Å². The Morgan fingerprint density at radius 2 is 1.94 bits per heavy atom. The number of nitrogens with one attached hydrogen (secondary N) is 1. The summed E-state index contributed by atoms with van der Waals surface area (Å²) in [4.78, 5) is 11.5. The minimum atomic E-state index is -4.25. The van der Waals surface area contributed by atoms with Crippen molar-refractivity contribution in [3.05, 3.63) is 0 Å². The van der Waals surface area contributed by atoms with Crippen molar-refractivity contribution in [2.45, 2.75) is 63.2 Å². The molecule has 6 heteroatoms. The number of nitrogens with two attached hydrogens (primary N) is 1. The second kappa shape index (κ2) is 5.25. The first kappa shape index (κ1) is 14.3. The molecular formula is C11H19F3N2O. The molecule has 1 amide bonds. The molecule has 0 spiro atoms. The van der Waals surface area contributed by atoms with E-state index in [-0.39, 0.29) is 12.3 Å². The number of carbonyl (C=O) groups is 1. The van der Waals surface area contributed by atoms with E-state index in [0.29, 0.717) is 0 Å². The SMILES string of the molecule is CC(CC(F)(F)F)NC(=O)CC1(N)CCCC1. The lowest BCUT2D eigenvalue weighted by Crippen LogP contribution is -2.44. The fourth-order valence-electron chi connectivity index (χ4n) is 2.30. The van der Waals surface area contributed by atoms with Gasteiger partial charge in [-0.2, -0.15) is 13.2 Å². The fraction of sp³-hybridized carbons (Fsp3) is 0.909. The highest BCUT2D eigenvalue weighted by molar-refractivity contribution is 5.77. The van der Waals surface area contributed by atoms with Gasteiger partial charge < -0.3 is 11.1 Å². The number of alkyl halides is 3. The van der Waals surface area contributed by atoms with Crippen molar-refractivity contribution in [1.29, 1.82) is 0 Å². The van der Waals surface area contributed by atoms with E-state index in [2.05, 4.69) is 5.32 Å². The van der Waals surface area contributed by atoms with Crippen LogP contribution in [0.3, 0.4) is 0 Å². The van der Waals surface area contributed by atoms with Gasteiger partial charge >= 0.3 is 6.18 Å². The van der Waals surface area contributed by atoms with Gasteiger partial charge in [0.2, 0.25) is 5.91 Å². The van der Waals surface area contributed by atoms with Crippen molar-refractivity contribution < 1.29 is 18.0 Å². The molecule has 1 rings (SSSR count). The average molecular weight is 252 g/mol. The molecule has 0 saturated heterocycles. The van der Waals surface area contributed by atoms with Crippen LogP contribution in [-0.2, 0) is 4.79 Å². The summed E-state index contributed by atoms with van der Waals surface area (Å²) in [5.74, 6) is -0.383. The molecule has 0 aromatic rings. The summed E-state index contributed by atoms with van der Waals surface area (Å²) in [6, 6.07) is -0.896. The summed E-state index contributed by atoms with van der Waals surface area (Å²) in [6.07, 6.45) is -1.61. The molecule has 1 saturated carbocycles. The van der Waals surface area contributed by atoms with E-state index < -0.39 is 24.2 Å². The Kier molecular flexibility index (Phi) is 4.41. The quantitative estimate of drug-likeness (QED) is 0.805. The predicted molar refractivity (Wildman–Crippen MR) is 58.3 cm³/mol. The lowest BCUT2D eigenvalue weighted by molar-refractivity contribution is -0.141. The summed E-state index contributed by atoms with van der Waals surface area (Å²) < 4.78 is 36.2. The first-order chi connectivity index (χ1) is 7.70. The molecule has 0 radical (unpaired) electrons. The van der Waals surface area contributed by atoms with E-state index in [1.54, 1.807) is 0 Å². The van der Waals surface area contributed by atoms with Crippen molar-refractivity contribution in [3.63, 3.8) is 0 Å². The van der Waals surface area contributed by atoms with Gasteiger partial charge in [-0.15, -0.1) is 0 Å². The zero-order chi connectivity index (χ0) is 13.1. The van der Waals surface area contributed by atoms with Gasteiger partial charge in [0.05, 0.1) is 6.42 Å². The maximum atomic E-state index is 12.1. The highest BCUT2D eigenvalue weighted by Gasteiger charge is 2.34. The van der Waals surface area contributed by atoms with Crippen LogP contribution < -0.4 is 11.1 Å². The maximum Gasteiger partial charge on any atom is 0.391 e. The van der Waals surface area contributed by atoms with Gasteiger partial charge in [-0.1, -0.05) is 12.8 Å². The van der Waals surface area contributed by atoms with E-state index >= 15 is 0 Å². The minimum Gasteiger partial charge on any atom is -0.353 e. The molecule has 3 N–H and O–H groups in total. The molecule has 0 aromatic carbocycles. The third-order valence-corrected chi connectivity index (χ3v) is 3.06. The molecular weight excluding hydrogens is 233 g/mol. The van der Waals surface area contributed by atoms with Crippen LogP contribution in [0.5, 0.6) is 0 Å². The second-order valence-corrected chi connectivity index (χ2v) is 5.03. The largest absolute Gasteiger partial charge is 0.391 e. The molecule has 1 unspecified atom stereocenters. The summed E-state index contributed by atoms with van der Waals surface area (Å²) in [6.45, 7) is 1.35. The summed E-state index contributed by atoms with van der Waals surface area (Å²) in [5, 5.41) is 2.35. The van der Waals surface area contributed by atoms with Crippen molar-refractivity contribution in [2.24, 2.45) is 5.73 Å². The molecule has 0 bridgehead atoms. The molecule has 1 aliphatic carbocycles. The van der Waals surface area contributed by atoms with Gasteiger partial charge in [0.15, 0.2) is 0 Å². The van der Waals surface area contributed by atoms with Crippen molar-refractivity contribution in [3.8, 4) is 0 Å². The molecule has 100 valence electrons. The molecule has 0 aliphatic heterocycles. The zero-order valence-electron chi connectivity index (χ0n) is 9.94. The van der Waals surface area contributed by atoms with Gasteiger partial charge in [-0.3, -0.25) is 4.79 Å². The third kappa shape index (κ3) is 5.39. The molecule has 3 nitrogen and oxygen atoms in total. The number of amides is 1. The normalized spacial score (nSPS) is 21.2. The van der Waals surface area contributed by atoms with E-state index in [4.69, 9.17) is 5.73 Å². The van der Waals surface area contributed by atoms with E-state index in [1.807, 2.05) is 0 Å². The standard InChI is InChI=1S/C11H19F3N2O/c1-8(6-11(12,13)14)16-9(17)7-10(15)4-2-3-5-10/h8H,2-7,15H2,1H3,(H,16,17). The van der Waals surface area contributed by atoms with Crippen molar-refractivity contribution in [2.75, 3.05) is 0 Å². The highest BCUT2D eigenvalue weighted by Crippen LogP contribution is 2.30. The molecule has 1 aliphatic rings. The van der Waals surface area contributed by atoms with Crippen LogP contribution in [0.1, 0.15) is 45.4 Å².